The van der Waals surface area contributed by atoms with E-state index in [9.17, 15) is 0 Å². The normalized spacial score (nSPS) is 19.9. The molecule has 1 saturated heterocycles. The van der Waals surface area contributed by atoms with Gasteiger partial charge in [-0.3, -0.25) is 4.68 Å². The Morgan fingerprint density at radius 2 is 2.47 bits per heavy atom. The molecule has 2 aromatic rings. The summed E-state index contributed by atoms with van der Waals surface area (Å²) >= 11 is 0. The molecule has 17 heavy (non-hydrogen) atoms. The van der Waals surface area contributed by atoms with E-state index < -0.39 is 0 Å². The van der Waals surface area contributed by atoms with Crippen LogP contribution < -0.4 is 5.73 Å². The van der Waals surface area contributed by atoms with Crippen molar-refractivity contribution >= 4 is 5.69 Å². The smallest absolute Gasteiger partial charge is 0.248 e. The third-order valence-corrected chi connectivity index (χ3v) is 2.65. The molecule has 1 aliphatic rings. The lowest BCUT2D eigenvalue weighted by molar-refractivity contribution is 0.103. The first-order valence-electron chi connectivity index (χ1n) is 5.53. The van der Waals surface area contributed by atoms with Crippen LogP contribution in [0.5, 0.6) is 0 Å². The van der Waals surface area contributed by atoms with Gasteiger partial charge in [0.25, 0.3) is 0 Å². The molecular formula is C10H13N5O2. The second kappa shape index (κ2) is 4.17. The van der Waals surface area contributed by atoms with Gasteiger partial charge in [-0.15, -0.1) is 0 Å². The van der Waals surface area contributed by atoms with Crippen molar-refractivity contribution in [2.24, 2.45) is 0 Å². The number of nitrogens with zero attached hydrogens (tertiary/aromatic N) is 4. The van der Waals surface area contributed by atoms with Gasteiger partial charge in [-0.05, 0) is 12.8 Å². The number of nitrogens with two attached hydrogens (primary N) is 1. The van der Waals surface area contributed by atoms with Crippen LogP contribution in [-0.2, 0) is 11.3 Å². The molecule has 1 atom stereocenters. The number of ether oxygens (including phenoxy) is 1. The van der Waals surface area contributed by atoms with Crippen molar-refractivity contribution < 1.29 is 9.26 Å². The summed E-state index contributed by atoms with van der Waals surface area (Å²) in [6, 6.07) is 0. The van der Waals surface area contributed by atoms with Crippen LogP contribution in [0.2, 0.25) is 0 Å². The molecule has 1 aliphatic heterocycles. The van der Waals surface area contributed by atoms with Crippen molar-refractivity contribution in [3.05, 3.63) is 24.1 Å². The fourth-order valence-corrected chi connectivity index (χ4v) is 1.85. The first-order valence-corrected chi connectivity index (χ1v) is 5.53. The highest BCUT2D eigenvalue weighted by molar-refractivity contribution is 5.30. The summed E-state index contributed by atoms with van der Waals surface area (Å²) in [7, 11) is 0. The van der Waals surface area contributed by atoms with Gasteiger partial charge >= 0.3 is 0 Å². The van der Waals surface area contributed by atoms with Gasteiger partial charge < -0.3 is 15.0 Å². The number of hydrogen-bond acceptors (Lipinski definition) is 6. The van der Waals surface area contributed by atoms with Crippen LogP contribution >= 0.6 is 0 Å². The van der Waals surface area contributed by atoms with Gasteiger partial charge in [0, 0.05) is 12.8 Å². The SMILES string of the molecule is Nc1cnn(Cc2nc(C3CCCO3)no2)c1. The van der Waals surface area contributed by atoms with E-state index in [-0.39, 0.29) is 6.10 Å². The van der Waals surface area contributed by atoms with E-state index in [1.54, 1.807) is 17.1 Å². The number of aromatic nitrogens is 4. The monoisotopic (exact) mass is 235 g/mol. The van der Waals surface area contributed by atoms with Crippen LogP contribution in [0.1, 0.15) is 30.7 Å². The van der Waals surface area contributed by atoms with Crippen molar-refractivity contribution in [2.45, 2.75) is 25.5 Å². The highest BCUT2D eigenvalue weighted by Crippen LogP contribution is 2.26. The minimum atomic E-state index is -0.0183. The fourth-order valence-electron chi connectivity index (χ4n) is 1.85. The lowest BCUT2D eigenvalue weighted by Gasteiger charge is -2.00. The van der Waals surface area contributed by atoms with E-state index >= 15 is 0 Å². The summed E-state index contributed by atoms with van der Waals surface area (Å²) in [6.07, 6.45) is 5.28. The van der Waals surface area contributed by atoms with Crippen molar-refractivity contribution in [1.82, 2.24) is 19.9 Å². The Morgan fingerprint density at radius 3 is 3.18 bits per heavy atom. The van der Waals surface area contributed by atoms with E-state index in [4.69, 9.17) is 15.0 Å². The summed E-state index contributed by atoms with van der Waals surface area (Å²) in [6.45, 7) is 1.20. The Bertz CT molecular complexity index is 500. The molecule has 7 heteroatoms. The minimum absolute atomic E-state index is 0.0183. The Kier molecular flexibility index (Phi) is 2.52. The van der Waals surface area contributed by atoms with Crippen LogP contribution in [-0.4, -0.2) is 26.5 Å². The summed E-state index contributed by atoms with van der Waals surface area (Å²) in [4.78, 5) is 4.29. The molecule has 0 aromatic carbocycles. The van der Waals surface area contributed by atoms with Crippen molar-refractivity contribution in [2.75, 3.05) is 12.3 Å². The highest BCUT2D eigenvalue weighted by Gasteiger charge is 2.23. The second-order valence-electron chi connectivity index (χ2n) is 4.02. The van der Waals surface area contributed by atoms with Crippen LogP contribution in [0, 0.1) is 0 Å². The summed E-state index contributed by atoms with van der Waals surface area (Å²) in [5, 5.41) is 7.97. The number of hydrogen-bond donors (Lipinski definition) is 1. The van der Waals surface area contributed by atoms with Gasteiger partial charge in [-0.25, -0.2) is 0 Å². The standard InChI is InChI=1S/C10H13N5O2/c11-7-4-12-15(5-7)6-9-13-10(14-17-9)8-2-1-3-16-8/h4-5,8H,1-3,6,11H2. The van der Waals surface area contributed by atoms with Crippen LogP contribution in [0.25, 0.3) is 0 Å². The first-order chi connectivity index (χ1) is 8.31. The molecule has 0 saturated carbocycles. The zero-order chi connectivity index (χ0) is 11.7. The van der Waals surface area contributed by atoms with E-state index in [1.165, 1.54) is 0 Å². The average molecular weight is 235 g/mol. The molecule has 0 amide bonds. The molecule has 7 nitrogen and oxygen atoms in total. The zero-order valence-electron chi connectivity index (χ0n) is 9.24. The zero-order valence-corrected chi connectivity index (χ0v) is 9.24. The maximum absolute atomic E-state index is 5.57. The van der Waals surface area contributed by atoms with Crippen LogP contribution in [0.3, 0.4) is 0 Å². The summed E-state index contributed by atoms with van der Waals surface area (Å²) in [5.41, 5.74) is 6.18. The molecule has 1 fully saturated rings. The minimum Gasteiger partial charge on any atom is -0.396 e. The van der Waals surface area contributed by atoms with Gasteiger partial charge in [-0.1, -0.05) is 5.16 Å². The predicted octanol–water partition coefficient (Wildman–Crippen LogP) is 0.748. The van der Waals surface area contributed by atoms with Gasteiger partial charge in [0.2, 0.25) is 11.7 Å². The van der Waals surface area contributed by atoms with Gasteiger partial charge in [0.1, 0.15) is 12.6 Å². The van der Waals surface area contributed by atoms with Crippen molar-refractivity contribution in [1.29, 1.82) is 0 Å². The molecular weight excluding hydrogens is 222 g/mol. The van der Waals surface area contributed by atoms with Gasteiger partial charge in [0.15, 0.2) is 0 Å². The van der Waals surface area contributed by atoms with Crippen molar-refractivity contribution in [3.8, 4) is 0 Å². The van der Waals surface area contributed by atoms with Gasteiger partial charge in [0.05, 0.1) is 11.9 Å². The van der Waals surface area contributed by atoms with Crippen LogP contribution in [0.15, 0.2) is 16.9 Å². The Labute approximate surface area is 97.6 Å². The molecule has 2 aromatic heterocycles. The molecule has 90 valence electrons. The fraction of sp³-hybridized carbons (Fsp3) is 0.500. The maximum Gasteiger partial charge on any atom is 0.248 e. The maximum atomic E-state index is 5.57. The Balaban J connectivity index is 1.71. The molecule has 3 rings (SSSR count). The highest BCUT2D eigenvalue weighted by atomic mass is 16.5. The van der Waals surface area contributed by atoms with Crippen LogP contribution in [0.4, 0.5) is 5.69 Å². The third kappa shape index (κ3) is 2.14. The average Bonchev–Trinajstić information content (AvgIpc) is 3.00. The second-order valence-corrected chi connectivity index (χ2v) is 4.02. The number of anilines is 1. The molecule has 0 bridgehead atoms. The molecule has 2 N–H and O–H groups in total. The van der Waals surface area contributed by atoms with Gasteiger partial charge in [-0.2, -0.15) is 10.1 Å². The quantitative estimate of drug-likeness (QED) is 0.843. The lowest BCUT2D eigenvalue weighted by atomic mass is 10.2. The molecule has 0 radical (unpaired) electrons. The molecule has 3 heterocycles. The Morgan fingerprint density at radius 1 is 1.53 bits per heavy atom. The van der Waals surface area contributed by atoms with E-state index in [0.29, 0.717) is 23.9 Å². The third-order valence-electron chi connectivity index (χ3n) is 2.65. The first kappa shape index (κ1) is 10.3. The predicted molar refractivity (Wildman–Crippen MR) is 58.0 cm³/mol. The Hall–Kier alpha value is -1.89. The van der Waals surface area contributed by atoms with Crippen molar-refractivity contribution in [3.63, 3.8) is 0 Å². The van der Waals surface area contributed by atoms with E-state index in [2.05, 4.69) is 15.2 Å². The molecule has 0 spiro atoms. The number of nitrogen functional groups attached to an aromatic ring is 1. The topological polar surface area (TPSA) is 92.0 Å². The van der Waals surface area contributed by atoms with E-state index in [1.807, 2.05) is 0 Å². The summed E-state index contributed by atoms with van der Waals surface area (Å²) < 4.78 is 12.3. The largest absolute Gasteiger partial charge is 0.396 e. The molecule has 1 unspecified atom stereocenters. The number of rotatable bonds is 3. The summed E-state index contributed by atoms with van der Waals surface area (Å²) in [5.74, 6) is 1.14. The molecule has 0 aliphatic carbocycles. The lowest BCUT2D eigenvalue weighted by Crippen LogP contribution is -2.02. The van der Waals surface area contributed by atoms with E-state index in [0.717, 1.165) is 19.4 Å².